The predicted octanol–water partition coefficient (Wildman–Crippen LogP) is 1.66. The Morgan fingerprint density at radius 1 is 1.32 bits per heavy atom. The van der Waals surface area contributed by atoms with Crippen LogP contribution in [0.4, 0.5) is 0 Å². The van der Waals surface area contributed by atoms with E-state index in [1.807, 2.05) is 30.3 Å². The normalized spacial score (nSPS) is 11.0. The Balaban J connectivity index is 2.12. The van der Waals surface area contributed by atoms with Gasteiger partial charge in [0.05, 0.1) is 17.8 Å². The lowest BCUT2D eigenvalue weighted by Gasteiger charge is -1.97. The van der Waals surface area contributed by atoms with Crippen molar-refractivity contribution in [1.82, 2.24) is 19.6 Å². The maximum atomic E-state index is 10.9. The Morgan fingerprint density at radius 2 is 2.05 bits per heavy atom. The lowest BCUT2D eigenvalue weighted by atomic mass is 10.2. The van der Waals surface area contributed by atoms with E-state index < -0.39 is 5.97 Å². The van der Waals surface area contributed by atoms with Gasteiger partial charge in [0.1, 0.15) is 0 Å². The molecule has 0 atom stereocenters. The second kappa shape index (κ2) is 4.24. The number of aromatic nitrogens is 4. The lowest BCUT2D eigenvalue weighted by molar-refractivity contribution is -0.136. The second-order valence-electron chi connectivity index (χ2n) is 4.29. The van der Waals surface area contributed by atoms with Crippen LogP contribution < -0.4 is 0 Å². The maximum Gasteiger partial charge on any atom is 0.309 e. The third-order valence-electron chi connectivity index (χ3n) is 2.95. The summed E-state index contributed by atoms with van der Waals surface area (Å²) < 4.78 is 1.63. The molecule has 0 saturated heterocycles. The van der Waals surface area contributed by atoms with E-state index in [0.29, 0.717) is 23.0 Å². The van der Waals surface area contributed by atoms with E-state index >= 15 is 0 Å². The number of hydrogen-bond donors (Lipinski definition) is 2. The van der Waals surface area contributed by atoms with Crippen molar-refractivity contribution in [2.75, 3.05) is 0 Å². The van der Waals surface area contributed by atoms with E-state index in [1.54, 1.807) is 11.4 Å². The third kappa shape index (κ3) is 1.97. The summed E-state index contributed by atoms with van der Waals surface area (Å²) in [5, 5.41) is 12.0. The first kappa shape index (κ1) is 11.5. The largest absolute Gasteiger partial charge is 0.481 e. The summed E-state index contributed by atoms with van der Waals surface area (Å²) in [5.41, 5.74) is 2.24. The first-order chi connectivity index (χ1) is 9.15. The molecule has 19 heavy (non-hydrogen) atoms. The minimum atomic E-state index is -0.888. The fourth-order valence-corrected chi connectivity index (χ4v) is 2.05. The molecule has 6 heteroatoms. The molecule has 2 heterocycles. The number of carboxylic acid groups (broad SMARTS) is 1. The Bertz CT molecular complexity index is 743. The smallest absolute Gasteiger partial charge is 0.309 e. The van der Waals surface area contributed by atoms with Crippen molar-refractivity contribution in [2.24, 2.45) is 0 Å². The number of imidazole rings is 1. The van der Waals surface area contributed by atoms with Gasteiger partial charge in [0.2, 0.25) is 0 Å². The molecule has 0 amide bonds. The molecule has 3 aromatic rings. The van der Waals surface area contributed by atoms with Gasteiger partial charge < -0.3 is 5.11 Å². The van der Waals surface area contributed by atoms with Gasteiger partial charge in [-0.15, -0.1) is 0 Å². The first-order valence-electron chi connectivity index (χ1n) is 5.86. The fourth-order valence-electron chi connectivity index (χ4n) is 2.05. The van der Waals surface area contributed by atoms with Crippen LogP contribution >= 0.6 is 0 Å². The van der Waals surface area contributed by atoms with E-state index in [1.165, 1.54) is 0 Å². The van der Waals surface area contributed by atoms with E-state index in [4.69, 9.17) is 5.11 Å². The van der Waals surface area contributed by atoms with Gasteiger partial charge in [0.15, 0.2) is 5.82 Å². The zero-order valence-corrected chi connectivity index (χ0v) is 10.3. The zero-order valence-electron chi connectivity index (χ0n) is 10.3. The second-order valence-corrected chi connectivity index (χ2v) is 4.29. The molecule has 0 aliphatic rings. The fraction of sp³-hybridized carbons (Fsp3) is 0.154. The van der Waals surface area contributed by atoms with E-state index in [0.717, 1.165) is 5.56 Å². The number of aryl methyl sites for hydroxylation is 1. The Kier molecular flexibility index (Phi) is 2.56. The molecule has 0 bridgehead atoms. The molecule has 2 aromatic heterocycles. The quantitative estimate of drug-likeness (QED) is 0.746. The Labute approximate surface area is 108 Å². The zero-order chi connectivity index (χ0) is 13.4. The van der Waals surface area contributed by atoms with E-state index in [-0.39, 0.29) is 6.42 Å². The van der Waals surface area contributed by atoms with Gasteiger partial charge in [-0.25, -0.2) is 9.50 Å². The summed E-state index contributed by atoms with van der Waals surface area (Å²) in [6, 6.07) is 9.63. The third-order valence-corrected chi connectivity index (χ3v) is 2.95. The van der Waals surface area contributed by atoms with Gasteiger partial charge in [-0.2, -0.15) is 4.98 Å². The van der Waals surface area contributed by atoms with Gasteiger partial charge in [-0.3, -0.25) is 9.89 Å². The van der Waals surface area contributed by atoms with Gasteiger partial charge in [0, 0.05) is 5.56 Å². The minimum absolute atomic E-state index is 0.0799. The minimum Gasteiger partial charge on any atom is -0.481 e. The van der Waals surface area contributed by atoms with Gasteiger partial charge in [0.25, 0.3) is 5.78 Å². The molecule has 0 fully saturated rings. The van der Waals surface area contributed by atoms with Crippen molar-refractivity contribution in [3.8, 4) is 11.4 Å². The highest BCUT2D eigenvalue weighted by Crippen LogP contribution is 2.18. The molecule has 0 unspecified atom stereocenters. The summed E-state index contributed by atoms with van der Waals surface area (Å²) in [4.78, 5) is 19.5. The summed E-state index contributed by atoms with van der Waals surface area (Å²) in [6.45, 7) is 1.78. The summed E-state index contributed by atoms with van der Waals surface area (Å²) in [5.74, 6) is 0.281. The number of carbonyl (C=O) groups is 1. The van der Waals surface area contributed by atoms with E-state index in [9.17, 15) is 4.79 Å². The number of H-pyrrole nitrogens is 1. The molecular formula is C13H12N4O2. The Hall–Kier alpha value is -2.63. The van der Waals surface area contributed by atoms with Crippen LogP contribution in [0.25, 0.3) is 17.2 Å². The van der Waals surface area contributed by atoms with Crippen molar-refractivity contribution < 1.29 is 9.90 Å². The molecule has 1 aromatic carbocycles. The number of nitrogens with zero attached hydrogens (tertiary/aromatic N) is 3. The molecule has 96 valence electrons. The Morgan fingerprint density at radius 3 is 2.74 bits per heavy atom. The van der Waals surface area contributed by atoms with Crippen LogP contribution in [0.15, 0.2) is 30.3 Å². The molecule has 0 radical (unpaired) electrons. The van der Waals surface area contributed by atoms with Gasteiger partial charge in [-0.05, 0) is 6.92 Å². The summed E-state index contributed by atoms with van der Waals surface area (Å²) >= 11 is 0. The van der Waals surface area contributed by atoms with Gasteiger partial charge in [-0.1, -0.05) is 30.3 Å². The maximum absolute atomic E-state index is 10.9. The SMILES string of the molecule is Cc1nc2nc(-c3ccccc3)[nH]n2c1CC(=O)O. The highest BCUT2D eigenvalue weighted by Gasteiger charge is 2.15. The molecule has 2 N–H and O–H groups in total. The highest BCUT2D eigenvalue weighted by molar-refractivity contribution is 5.70. The molecule has 3 rings (SSSR count). The van der Waals surface area contributed by atoms with Gasteiger partial charge >= 0.3 is 5.97 Å². The number of carboxylic acids is 1. The average Bonchev–Trinajstić information content (AvgIpc) is 2.90. The first-order valence-corrected chi connectivity index (χ1v) is 5.86. The molecular weight excluding hydrogens is 244 g/mol. The van der Waals surface area contributed by atoms with Crippen molar-refractivity contribution in [3.63, 3.8) is 0 Å². The molecule has 0 aliphatic carbocycles. The average molecular weight is 256 g/mol. The number of nitrogens with one attached hydrogen (secondary N) is 1. The van der Waals surface area contributed by atoms with Crippen LogP contribution in [0.2, 0.25) is 0 Å². The summed E-state index contributed by atoms with van der Waals surface area (Å²) in [6.07, 6.45) is -0.0799. The monoisotopic (exact) mass is 256 g/mol. The van der Waals surface area contributed by atoms with Crippen molar-refractivity contribution >= 4 is 11.7 Å². The number of rotatable bonds is 3. The summed E-state index contributed by atoms with van der Waals surface area (Å²) in [7, 11) is 0. The van der Waals surface area contributed by atoms with Crippen LogP contribution in [-0.2, 0) is 11.2 Å². The molecule has 6 nitrogen and oxygen atoms in total. The standard InChI is InChI=1S/C13H12N4O2/c1-8-10(7-11(18)19)17-13(14-8)15-12(16-17)9-5-3-2-4-6-9/h2-6H,7H2,1H3,(H,18,19)(H,14,15,16). The molecule has 0 aliphatic heterocycles. The highest BCUT2D eigenvalue weighted by atomic mass is 16.4. The molecule has 0 saturated carbocycles. The lowest BCUT2D eigenvalue weighted by Crippen LogP contribution is -2.05. The topological polar surface area (TPSA) is 83.3 Å². The molecule has 0 spiro atoms. The number of aromatic amines is 1. The van der Waals surface area contributed by atoms with Crippen LogP contribution in [0.5, 0.6) is 0 Å². The van der Waals surface area contributed by atoms with Crippen LogP contribution in [0, 0.1) is 6.92 Å². The van der Waals surface area contributed by atoms with Crippen molar-refractivity contribution in [3.05, 3.63) is 41.7 Å². The van der Waals surface area contributed by atoms with Crippen molar-refractivity contribution in [2.45, 2.75) is 13.3 Å². The predicted molar refractivity (Wildman–Crippen MR) is 68.9 cm³/mol. The van der Waals surface area contributed by atoms with Crippen LogP contribution in [0.1, 0.15) is 11.4 Å². The van der Waals surface area contributed by atoms with E-state index in [2.05, 4.69) is 15.1 Å². The van der Waals surface area contributed by atoms with Crippen molar-refractivity contribution in [1.29, 1.82) is 0 Å². The number of hydrogen-bond acceptors (Lipinski definition) is 3. The number of fused-ring (bicyclic) bond motifs is 1. The number of aliphatic carboxylic acids is 1. The van der Waals surface area contributed by atoms with Crippen LogP contribution in [-0.4, -0.2) is 30.7 Å². The van der Waals surface area contributed by atoms with Crippen LogP contribution in [0.3, 0.4) is 0 Å². The number of benzene rings is 1.